The standard InChI is InChI=1S/C12H15N3OS/c1-16-10-5-2-4-9(8-10)12-15-14-11(17-12)6-3-7-13/h2,4-5,8H,3,6-7,13H2,1H3. The molecule has 0 radical (unpaired) electrons. The largest absolute Gasteiger partial charge is 0.497 e. The van der Waals surface area contributed by atoms with Crippen LogP contribution in [-0.4, -0.2) is 23.9 Å². The van der Waals surface area contributed by atoms with E-state index in [1.807, 2.05) is 24.3 Å². The van der Waals surface area contributed by atoms with E-state index in [4.69, 9.17) is 10.5 Å². The summed E-state index contributed by atoms with van der Waals surface area (Å²) in [6.07, 6.45) is 1.85. The molecule has 0 aliphatic heterocycles. The van der Waals surface area contributed by atoms with Gasteiger partial charge in [-0.1, -0.05) is 23.5 Å². The van der Waals surface area contributed by atoms with Gasteiger partial charge in [-0.2, -0.15) is 0 Å². The lowest BCUT2D eigenvalue weighted by Gasteiger charge is -2.00. The second-order valence-corrected chi connectivity index (χ2v) is 4.69. The molecule has 4 nitrogen and oxygen atoms in total. The molecule has 1 aromatic heterocycles. The predicted octanol–water partition coefficient (Wildman–Crippen LogP) is 2.10. The van der Waals surface area contributed by atoms with Gasteiger partial charge in [-0.25, -0.2) is 0 Å². The average molecular weight is 249 g/mol. The number of nitrogens with two attached hydrogens (primary N) is 1. The molecule has 0 aliphatic rings. The molecule has 17 heavy (non-hydrogen) atoms. The van der Waals surface area contributed by atoms with E-state index in [1.54, 1.807) is 18.4 Å². The van der Waals surface area contributed by atoms with E-state index < -0.39 is 0 Å². The Morgan fingerprint density at radius 1 is 1.35 bits per heavy atom. The zero-order chi connectivity index (χ0) is 12.1. The van der Waals surface area contributed by atoms with Crippen LogP contribution in [0.15, 0.2) is 24.3 Å². The number of rotatable bonds is 5. The molecule has 0 fully saturated rings. The maximum Gasteiger partial charge on any atom is 0.147 e. The smallest absolute Gasteiger partial charge is 0.147 e. The first-order valence-electron chi connectivity index (χ1n) is 5.50. The highest BCUT2D eigenvalue weighted by Gasteiger charge is 2.07. The summed E-state index contributed by atoms with van der Waals surface area (Å²) in [6, 6.07) is 7.85. The third kappa shape index (κ3) is 3.01. The monoisotopic (exact) mass is 249 g/mol. The van der Waals surface area contributed by atoms with Gasteiger partial charge < -0.3 is 10.5 Å². The van der Waals surface area contributed by atoms with E-state index in [0.717, 1.165) is 34.2 Å². The molecule has 0 saturated carbocycles. The minimum atomic E-state index is 0.689. The van der Waals surface area contributed by atoms with Gasteiger partial charge in [0.05, 0.1) is 7.11 Å². The van der Waals surface area contributed by atoms with Gasteiger partial charge >= 0.3 is 0 Å². The first-order chi connectivity index (χ1) is 8.33. The molecule has 1 heterocycles. The molecule has 2 N–H and O–H groups in total. The number of aryl methyl sites for hydroxylation is 1. The third-order valence-electron chi connectivity index (χ3n) is 2.38. The second-order valence-electron chi connectivity index (χ2n) is 3.63. The van der Waals surface area contributed by atoms with Crippen molar-refractivity contribution in [2.24, 2.45) is 5.73 Å². The predicted molar refractivity (Wildman–Crippen MR) is 69.3 cm³/mol. The maximum absolute atomic E-state index is 5.47. The van der Waals surface area contributed by atoms with Crippen molar-refractivity contribution in [3.8, 4) is 16.3 Å². The quantitative estimate of drug-likeness (QED) is 0.881. The highest BCUT2D eigenvalue weighted by Crippen LogP contribution is 2.26. The number of ether oxygens (including phenoxy) is 1. The molecular weight excluding hydrogens is 234 g/mol. The molecule has 0 bridgehead atoms. The topological polar surface area (TPSA) is 61.0 Å². The first-order valence-corrected chi connectivity index (χ1v) is 6.32. The average Bonchev–Trinajstić information content (AvgIpc) is 2.85. The summed E-state index contributed by atoms with van der Waals surface area (Å²) in [5.74, 6) is 0.834. The molecule has 0 aliphatic carbocycles. The summed E-state index contributed by atoms with van der Waals surface area (Å²) in [6.45, 7) is 0.689. The molecular formula is C12H15N3OS. The number of methoxy groups -OCH3 is 1. The number of hydrogen-bond acceptors (Lipinski definition) is 5. The fraction of sp³-hybridized carbons (Fsp3) is 0.333. The Balaban J connectivity index is 2.18. The Bertz CT molecular complexity index is 484. The van der Waals surface area contributed by atoms with Crippen LogP contribution in [0.2, 0.25) is 0 Å². The van der Waals surface area contributed by atoms with Gasteiger partial charge in [-0.15, -0.1) is 10.2 Å². The molecule has 0 unspecified atom stereocenters. The molecule has 2 aromatic rings. The fourth-order valence-corrected chi connectivity index (χ4v) is 2.36. The second kappa shape index (κ2) is 5.75. The lowest BCUT2D eigenvalue weighted by Crippen LogP contribution is -1.99. The SMILES string of the molecule is COc1cccc(-c2nnc(CCCN)s2)c1. The van der Waals surface area contributed by atoms with Crippen molar-refractivity contribution in [2.45, 2.75) is 12.8 Å². The summed E-state index contributed by atoms with van der Waals surface area (Å²) in [5, 5.41) is 10.3. The van der Waals surface area contributed by atoms with Gasteiger partial charge in [0.2, 0.25) is 0 Å². The zero-order valence-electron chi connectivity index (χ0n) is 9.72. The fourth-order valence-electron chi connectivity index (χ4n) is 1.48. The Morgan fingerprint density at radius 2 is 2.24 bits per heavy atom. The molecule has 2 rings (SSSR count). The maximum atomic E-state index is 5.47. The number of nitrogens with zero attached hydrogens (tertiary/aromatic N) is 2. The summed E-state index contributed by atoms with van der Waals surface area (Å²) in [5.41, 5.74) is 6.51. The van der Waals surface area contributed by atoms with E-state index in [9.17, 15) is 0 Å². The number of hydrogen-bond donors (Lipinski definition) is 1. The molecule has 0 spiro atoms. The molecule has 5 heteroatoms. The summed E-state index contributed by atoms with van der Waals surface area (Å²) < 4.78 is 5.19. The van der Waals surface area contributed by atoms with Crippen LogP contribution in [0.5, 0.6) is 5.75 Å². The number of benzene rings is 1. The molecule has 0 atom stereocenters. The van der Waals surface area contributed by atoms with Crippen LogP contribution in [0.3, 0.4) is 0 Å². The van der Waals surface area contributed by atoms with Gasteiger partial charge in [0.1, 0.15) is 15.8 Å². The van der Waals surface area contributed by atoms with Crippen LogP contribution in [0.25, 0.3) is 10.6 Å². The Hall–Kier alpha value is -1.46. The Morgan fingerprint density at radius 3 is 3.00 bits per heavy atom. The van der Waals surface area contributed by atoms with Gasteiger partial charge in [-0.05, 0) is 25.1 Å². The molecule has 0 amide bonds. The van der Waals surface area contributed by atoms with Crippen molar-refractivity contribution in [1.29, 1.82) is 0 Å². The minimum Gasteiger partial charge on any atom is -0.497 e. The van der Waals surface area contributed by atoms with Crippen molar-refractivity contribution in [3.05, 3.63) is 29.3 Å². The van der Waals surface area contributed by atoms with Crippen LogP contribution in [0, 0.1) is 0 Å². The van der Waals surface area contributed by atoms with Crippen LogP contribution >= 0.6 is 11.3 Å². The van der Waals surface area contributed by atoms with Gasteiger partial charge in [-0.3, -0.25) is 0 Å². The highest BCUT2D eigenvalue weighted by molar-refractivity contribution is 7.14. The van der Waals surface area contributed by atoms with Gasteiger partial charge in [0.15, 0.2) is 0 Å². The van der Waals surface area contributed by atoms with Crippen molar-refractivity contribution < 1.29 is 4.74 Å². The van der Waals surface area contributed by atoms with Crippen molar-refractivity contribution in [3.63, 3.8) is 0 Å². The highest BCUT2D eigenvalue weighted by atomic mass is 32.1. The minimum absolute atomic E-state index is 0.689. The Labute approximate surface area is 104 Å². The zero-order valence-corrected chi connectivity index (χ0v) is 10.5. The molecule has 1 aromatic carbocycles. The van der Waals surface area contributed by atoms with E-state index in [1.165, 1.54) is 0 Å². The van der Waals surface area contributed by atoms with E-state index in [0.29, 0.717) is 6.54 Å². The van der Waals surface area contributed by atoms with Gasteiger partial charge in [0, 0.05) is 12.0 Å². The van der Waals surface area contributed by atoms with Crippen LogP contribution in [0.1, 0.15) is 11.4 Å². The van der Waals surface area contributed by atoms with Crippen molar-refractivity contribution in [1.82, 2.24) is 10.2 Å². The third-order valence-corrected chi connectivity index (χ3v) is 3.41. The van der Waals surface area contributed by atoms with Crippen LogP contribution in [0.4, 0.5) is 0 Å². The Kier molecular flexibility index (Phi) is 4.06. The molecule has 0 saturated heterocycles. The summed E-state index contributed by atoms with van der Waals surface area (Å²) in [7, 11) is 1.66. The van der Waals surface area contributed by atoms with Crippen molar-refractivity contribution >= 4 is 11.3 Å². The lowest BCUT2D eigenvalue weighted by atomic mass is 10.2. The van der Waals surface area contributed by atoms with Crippen LogP contribution < -0.4 is 10.5 Å². The van der Waals surface area contributed by atoms with Crippen LogP contribution in [-0.2, 0) is 6.42 Å². The summed E-state index contributed by atoms with van der Waals surface area (Å²) in [4.78, 5) is 0. The van der Waals surface area contributed by atoms with Crippen molar-refractivity contribution in [2.75, 3.05) is 13.7 Å². The summed E-state index contributed by atoms with van der Waals surface area (Å²) >= 11 is 1.61. The normalized spacial score (nSPS) is 10.5. The lowest BCUT2D eigenvalue weighted by molar-refractivity contribution is 0.415. The van der Waals surface area contributed by atoms with E-state index >= 15 is 0 Å². The van der Waals surface area contributed by atoms with E-state index in [2.05, 4.69) is 10.2 Å². The van der Waals surface area contributed by atoms with Gasteiger partial charge in [0.25, 0.3) is 0 Å². The first kappa shape index (κ1) is 12.0. The number of aromatic nitrogens is 2. The molecule has 90 valence electrons. The van der Waals surface area contributed by atoms with E-state index in [-0.39, 0.29) is 0 Å².